The number of benzene rings is 1. The number of rotatable bonds is 8. The lowest BCUT2D eigenvalue weighted by Crippen LogP contribution is -2.36. The predicted molar refractivity (Wildman–Crippen MR) is 78.5 cm³/mol. The fourth-order valence-electron chi connectivity index (χ4n) is 1.78. The lowest BCUT2D eigenvalue weighted by Gasteiger charge is -2.11. The van der Waals surface area contributed by atoms with Crippen molar-refractivity contribution in [2.45, 2.75) is 45.1 Å². The molecule has 20 heavy (non-hydrogen) atoms. The molecule has 0 aliphatic carbocycles. The summed E-state index contributed by atoms with van der Waals surface area (Å²) < 4.78 is 0. The molecule has 110 valence electrons. The average molecular weight is 278 g/mol. The van der Waals surface area contributed by atoms with Crippen LogP contribution in [0.15, 0.2) is 24.3 Å². The summed E-state index contributed by atoms with van der Waals surface area (Å²) >= 11 is 0. The van der Waals surface area contributed by atoms with Gasteiger partial charge < -0.3 is 16.2 Å². The third-order valence-corrected chi connectivity index (χ3v) is 3.05. The zero-order valence-corrected chi connectivity index (χ0v) is 11.8. The number of carbonyl (C=O) groups excluding carboxylic acids is 1. The Morgan fingerprint density at radius 2 is 1.95 bits per heavy atom. The molecule has 1 aromatic carbocycles. The molecule has 5 heteroatoms. The number of anilines is 1. The lowest BCUT2D eigenvalue weighted by molar-refractivity contribution is -0.137. The number of carbonyl (C=O) groups is 2. The van der Waals surface area contributed by atoms with Crippen LogP contribution >= 0.6 is 0 Å². The molecule has 0 saturated carbocycles. The van der Waals surface area contributed by atoms with Gasteiger partial charge in [0.1, 0.15) is 0 Å². The van der Waals surface area contributed by atoms with Crippen molar-refractivity contribution in [2.75, 3.05) is 5.32 Å². The van der Waals surface area contributed by atoms with Crippen molar-refractivity contribution in [1.29, 1.82) is 0 Å². The van der Waals surface area contributed by atoms with Crippen LogP contribution in [0.4, 0.5) is 5.69 Å². The molecule has 0 aliphatic rings. The van der Waals surface area contributed by atoms with Gasteiger partial charge in [-0.1, -0.05) is 25.5 Å². The quantitative estimate of drug-likeness (QED) is 0.679. The molecule has 1 aromatic rings. The molecule has 1 amide bonds. The zero-order valence-electron chi connectivity index (χ0n) is 11.8. The third kappa shape index (κ3) is 5.84. The van der Waals surface area contributed by atoms with Gasteiger partial charge in [-0.3, -0.25) is 9.59 Å². The molecular formula is C15H22N2O3. The SMILES string of the molecule is CCCCc1ccc(NC(=O)C(N)CCC(=O)O)cc1. The predicted octanol–water partition coefficient (Wildman–Crippen LogP) is 2.16. The number of carboxylic acids is 1. The smallest absolute Gasteiger partial charge is 0.303 e. The molecule has 0 bridgehead atoms. The van der Waals surface area contributed by atoms with Crippen LogP contribution in [0.2, 0.25) is 0 Å². The van der Waals surface area contributed by atoms with Crippen LogP contribution in [-0.2, 0) is 16.0 Å². The molecule has 0 saturated heterocycles. The van der Waals surface area contributed by atoms with E-state index in [1.807, 2.05) is 24.3 Å². The fraction of sp³-hybridized carbons (Fsp3) is 0.467. The molecule has 5 nitrogen and oxygen atoms in total. The highest BCUT2D eigenvalue weighted by molar-refractivity contribution is 5.94. The summed E-state index contributed by atoms with van der Waals surface area (Å²) in [4.78, 5) is 22.2. The molecule has 0 heterocycles. The molecule has 1 unspecified atom stereocenters. The van der Waals surface area contributed by atoms with Crippen molar-refractivity contribution in [3.05, 3.63) is 29.8 Å². The monoisotopic (exact) mass is 278 g/mol. The normalized spacial score (nSPS) is 11.9. The average Bonchev–Trinajstić information content (AvgIpc) is 2.43. The second-order valence-electron chi connectivity index (χ2n) is 4.83. The Hall–Kier alpha value is -1.88. The van der Waals surface area contributed by atoms with Gasteiger partial charge in [-0.2, -0.15) is 0 Å². The summed E-state index contributed by atoms with van der Waals surface area (Å²) in [6.07, 6.45) is 3.35. The highest BCUT2D eigenvalue weighted by Gasteiger charge is 2.14. The summed E-state index contributed by atoms with van der Waals surface area (Å²) in [7, 11) is 0. The van der Waals surface area contributed by atoms with Crippen LogP contribution < -0.4 is 11.1 Å². The van der Waals surface area contributed by atoms with Gasteiger partial charge in [-0.05, 0) is 37.0 Å². The van der Waals surface area contributed by atoms with Crippen molar-refractivity contribution in [1.82, 2.24) is 0 Å². The molecule has 1 rings (SSSR count). The highest BCUT2D eigenvalue weighted by atomic mass is 16.4. The number of hydrogen-bond donors (Lipinski definition) is 3. The third-order valence-electron chi connectivity index (χ3n) is 3.05. The van der Waals surface area contributed by atoms with Crippen LogP contribution in [0.5, 0.6) is 0 Å². The van der Waals surface area contributed by atoms with Crippen LogP contribution in [0, 0.1) is 0 Å². The summed E-state index contributed by atoms with van der Waals surface area (Å²) in [6, 6.07) is 6.84. The first-order valence-electron chi connectivity index (χ1n) is 6.90. The summed E-state index contributed by atoms with van der Waals surface area (Å²) in [5, 5.41) is 11.2. The van der Waals surface area contributed by atoms with Crippen molar-refractivity contribution in [2.24, 2.45) is 5.73 Å². The van der Waals surface area contributed by atoms with Crippen LogP contribution in [0.3, 0.4) is 0 Å². The topological polar surface area (TPSA) is 92.4 Å². The Kier molecular flexibility index (Phi) is 6.73. The summed E-state index contributed by atoms with van der Waals surface area (Å²) in [5.74, 6) is -1.30. The molecule has 0 radical (unpaired) electrons. The van der Waals surface area contributed by atoms with E-state index in [1.165, 1.54) is 5.56 Å². The van der Waals surface area contributed by atoms with E-state index in [-0.39, 0.29) is 18.7 Å². The number of unbranched alkanes of at least 4 members (excludes halogenated alkanes) is 1. The standard InChI is InChI=1S/C15H22N2O3/c1-2-3-4-11-5-7-12(8-6-11)17-15(20)13(16)9-10-14(18)19/h5-8,13H,2-4,9-10,16H2,1H3,(H,17,20)(H,18,19). The summed E-state index contributed by atoms with van der Waals surface area (Å²) in [5.41, 5.74) is 7.55. The summed E-state index contributed by atoms with van der Waals surface area (Å²) in [6.45, 7) is 2.15. The van der Waals surface area contributed by atoms with Gasteiger partial charge in [0.2, 0.25) is 5.91 Å². The number of hydrogen-bond acceptors (Lipinski definition) is 3. The Bertz CT molecular complexity index is 443. The van der Waals surface area contributed by atoms with Gasteiger partial charge >= 0.3 is 5.97 Å². The van der Waals surface area contributed by atoms with Crippen LogP contribution in [0.1, 0.15) is 38.2 Å². The molecule has 0 spiro atoms. The van der Waals surface area contributed by atoms with Crippen LogP contribution in [-0.4, -0.2) is 23.0 Å². The fourth-order valence-corrected chi connectivity index (χ4v) is 1.78. The van der Waals surface area contributed by atoms with Crippen molar-refractivity contribution in [3.8, 4) is 0 Å². The lowest BCUT2D eigenvalue weighted by atomic mass is 10.1. The van der Waals surface area contributed by atoms with Crippen molar-refractivity contribution >= 4 is 17.6 Å². The Morgan fingerprint density at radius 1 is 1.30 bits per heavy atom. The molecule has 1 atom stereocenters. The Balaban J connectivity index is 2.46. The molecule has 0 aromatic heterocycles. The number of nitrogens with one attached hydrogen (secondary N) is 1. The van der Waals surface area contributed by atoms with E-state index in [0.717, 1.165) is 19.3 Å². The van der Waals surface area contributed by atoms with E-state index in [9.17, 15) is 9.59 Å². The van der Waals surface area contributed by atoms with Crippen molar-refractivity contribution in [3.63, 3.8) is 0 Å². The first kappa shape index (κ1) is 16.2. The molecule has 0 fully saturated rings. The second kappa shape index (κ2) is 8.32. The van der Waals surface area contributed by atoms with E-state index in [2.05, 4.69) is 12.2 Å². The second-order valence-corrected chi connectivity index (χ2v) is 4.83. The maximum atomic E-state index is 11.8. The van der Waals surface area contributed by atoms with E-state index in [4.69, 9.17) is 10.8 Å². The highest BCUT2D eigenvalue weighted by Crippen LogP contribution is 2.12. The molecule has 4 N–H and O–H groups in total. The maximum Gasteiger partial charge on any atom is 0.303 e. The maximum absolute atomic E-state index is 11.8. The first-order chi connectivity index (χ1) is 9.52. The van der Waals surface area contributed by atoms with Gasteiger partial charge in [0.15, 0.2) is 0 Å². The number of nitrogens with two attached hydrogens (primary N) is 1. The van der Waals surface area contributed by atoms with E-state index < -0.39 is 12.0 Å². The van der Waals surface area contributed by atoms with Crippen molar-refractivity contribution < 1.29 is 14.7 Å². The molecular weight excluding hydrogens is 256 g/mol. The minimum atomic E-state index is -0.950. The first-order valence-corrected chi connectivity index (χ1v) is 6.90. The minimum absolute atomic E-state index is 0.107. The largest absolute Gasteiger partial charge is 0.481 e. The number of carboxylic acid groups (broad SMARTS) is 1. The van der Waals surface area contributed by atoms with E-state index in [1.54, 1.807) is 0 Å². The minimum Gasteiger partial charge on any atom is -0.481 e. The van der Waals surface area contributed by atoms with Gasteiger partial charge in [-0.15, -0.1) is 0 Å². The Labute approximate surface area is 119 Å². The zero-order chi connectivity index (χ0) is 15.0. The van der Waals surface area contributed by atoms with E-state index >= 15 is 0 Å². The Morgan fingerprint density at radius 3 is 2.50 bits per heavy atom. The van der Waals surface area contributed by atoms with E-state index in [0.29, 0.717) is 5.69 Å². The van der Waals surface area contributed by atoms with Crippen LogP contribution in [0.25, 0.3) is 0 Å². The molecule has 0 aliphatic heterocycles. The van der Waals surface area contributed by atoms with Gasteiger partial charge in [0, 0.05) is 12.1 Å². The van der Waals surface area contributed by atoms with Gasteiger partial charge in [-0.25, -0.2) is 0 Å². The number of aryl methyl sites for hydroxylation is 1. The number of aliphatic carboxylic acids is 1. The van der Waals surface area contributed by atoms with Gasteiger partial charge in [0.25, 0.3) is 0 Å². The van der Waals surface area contributed by atoms with Gasteiger partial charge in [0.05, 0.1) is 6.04 Å². The number of amides is 1.